The van der Waals surface area contributed by atoms with Gasteiger partial charge in [0.2, 0.25) is 0 Å². The van der Waals surface area contributed by atoms with E-state index in [1.54, 1.807) is 19.9 Å². The van der Waals surface area contributed by atoms with E-state index in [0.29, 0.717) is 16.8 Å². The molecule has 24 heavy (non-hydrogen) atoms. The van der Waals surface area contributed by atoms with E-state index in [1.807, 2.05) is 6.92 Å². The number of nitro groups is 1. The molecule has 6 heteroatoms. The summed E-state index contributed by atoms with van der Waals surface area (Å²) in [5.74, 6) is -0.0112. The van der Waals surface area contributed by atoms with Crippen molar-refractivity contribution in [3.05, 3.63) is 32.9 Å². The van der Waals surface area contributed by atoms with Crippen LogP contribution in [-0.2, 0) is 4.79 Å². The van der Waals surface area contributed by atoms with Crippen LogP contribution in [0.3, 0.4) is 0 Å². The zero-order chi connectivity index (χ0) is 17.9. The van der Waals surface area contributed by atoms with Gasteiger partial charge in [0.25, 0.3) is 11.6 Å². The first-order valence-electron chi connectivity index (χ1n) is 8.77. The fourth-order valence-corrected chi connectivity index (χ4v) is 3.79. The number of quaternary nitrogens is 1. The van der Waals surface area contributed by atoms with Crippen molar-refractivity contribution >= 4 is 17.3 Å². The summed E-state index contributed by atoms with van der Waals surface area (Å²) in [6.07, 6.45) is 4.19. The number of aryl methyl sites for hydroxylation is 2. The van der Waals surface area contributed by atoms with Crippen LogP contribution in [0.5, 0.6) is 0 Å². The Morgan fingerprint density at radius 2 is 2.08 bits per heavy atom. The predicted molar refractivity (Wildman–Crippen MR) is 94.6 cm³/mol. The second kappa shape index (κ2) is 7.75. The highest BCUT2D eigenvalue weighted by Gasteiger charge is 2.35. The molecule has 1 aromatic carbocycles. The topological polar surface area (TPSA) is 76.7 Å². The summed E-state index contributed by atoms with van der Waals surface area (Å²) in [7, 11) is 0. The molecule has 1 saturated heterocycles. The number of unbranched alkanes of at least 4 members (excludes halogenated alkanes) is 1. The SMILES string of the molecule is CCCC[NH+]1CCC[C@@H]1C(=O)Nc1c(C)cc(C)c([N+](=O)[O-])c1C. The molecule has 132 valence electrons. The number of nitro benzene ring substituents is 1. The molecule has 1 heterocycles. The first-order chi connectivity index (χ1) is 11.4. The smallest absolute Gasteiger partial charge is 0.282 e. The monoisotopic (exact) mass is 334 g/mol. The molecule has 0 bridgehead atoms. The molecule has 1 fully saturated rings. The van der Waals surface area contributed by atoms with Crippen LogP contribution in [0.15, 0.2) is 6.07 Å². The molecule has 0 saturated carbocycles. The average Bonchev–Trinajstić information content (AvgIpc) is 2.97. The van der Waals surface area contributed by atoms with Gasteiger partial charge in [0.15, 0.2) is 6.04 Å². The van der Waals surface area contributed by atoms with Crippen LogP contribution in [0.4, 0.5) is 11.4 Å². The van der Waals surface area contributed by atoms with Crippen molar-refractivity contribution in [1.29, 1.82) is 0 Å². The van der Waals surface area contributed by atoms with Crippen molar-refractivity contribution in [3.8, 4) is 0 Å². The molecule has 1 aliphatic rings. The molecule has 0 aromatic heterocycles. The summed E-state index contributed by atoms with van der Waals surface area (Å²) in [5.41, 5.74) is 2.73. The summed E-state index contributed by atoms with van der Waals surface area (Å²) in [6, 6.07) is 1.73. The Morgan fingerprint density at radius 1 is 1.38 bits per heavy atom. The molecule has 6 nitrogen and oxygen atoms in total. The molecule has 2 atom stereocenters. The van der Waals surface area contributed by atoms with Gasteiger partial charge in [0.1, 0.15) is 0 Å². The van der Waals surface area contributed by atoms with Crippen molar-refractivity contribution in [2.75, 3.05) is 18.4 Å². The Bertz CT molecular complexity index is 643. The van der Waals surface area contributed by atoms with Gasteiger partial charge in [-0.05, 0) is 38.8 Å². The number of rotatable bonds is 6. The maximum absolute atomic E-state index is 12.8. The number of hydrogen-bond donors (Lipinski definition) is 2. The van der Waals surface area contributed by atoms with Crippen LogP contribution in [0, 0.1) is 30.9 Å². The summed E-state index contributed by atoms with van der Waals surface area (Å²) in [6.45, 7) is 9.53. The largest absolute Gasteiger partial charge is 0.325 e. The van der Waals surface area contributed by atoms with E-state index in [1.165, 1.54) is 4.90 Å². The van der Waals surface area contributed by atoms with Crippen molar-refractivity contribution in [1.82, 2.24) is 0 Å². The number of anilines is 1. The third-order valence-electron chi connectivity index (χ3n) is 5.01. The van der Waals surface area contributed by atoms with E-state index in [4.69, 9.17) is 0 Å². The number of nitrogens with one attached hydrogen (secondary N) is 2. The highest BCUT2D eigenvalue weighted by Crippen LogP contribution is 2.32. The number of nitrogens with zero attached hydrogens (tertiary/aromatic N) is 1. The minimum absolute atomic E-state index is 0.0112. The first kappa shape index (κ1) is 18.4. The number of carbonyl (C=O) groups excluding carboxylic acids is 1. The molecule has 2 N–H and O–H groups in total. The number of benzene rings is 1. The van der Waals surface area contributed by atoms with Gasteiger partial charge in [0.05, 0.1) is 29.3 Å². The molecule has 0 radical (unpaired) electrons. The molecular formula is C18H28N3O3+. The van der Waals surface area contributed by atoms with Crippen molar-refractivity contribution in [2.24, 2.45) is 0 Å². The van der Waals surface area contributed by atoms with Gasteiger partial charge in [-0.2, -0.15) is 0 Å². The highest BCUT2D eigenvalue weighted by atomic mass is 16.6. The Kier molecular flexibility index (Phi) is 5.94. The minimum atomic E-state index is -0.367. The van der Waals surface area contributed by atoms with Crippen LogP contribution in [0.2, 0.25) is 0 Å². The molecular weight excluding hydrogens is 306 g/mol. The van der Waals surface area contributed by atoms with E-state index >= 15 is 0 Å². The summed E-state index contributed by atoms with van der Waals surface area (Å²) in [4.78, 5) is 25.0. The average molecular weight is 334 g/mol. The molecule has 1 unspecified atom stereocenters. The van der Waals surface area contributed by atoms with E-state index in [9.17, 15) is 14.9 Å². The maximum atomic E-state index is 12.8. The summed E-state index contributed by atoms with van der Waals surface area (Å²) < 4.78 is 0. The third kappa shape index (κ3) is 3.75. The second-order valence-corrected chi connectivity index (χ2v) is 6.81. The number of likely N-dealkylation sites (tertiary alicyclic amines) is 1. The number of amides is 1. The van der Waals surface area contributed by atoms with Crippen molar-refractivity contribution < 1.29 is 14.6 Å². The quantitative estimate of drug-likeness (QED) is 0.619. The lowest BCUT2D eigenvalue weighted by Gasteiger charge is -2.22. The summed E-state index contributed by atoms with van der Waals surface area (Å²) in [5, 5.41) is 14.3. The maximum Gasteiger partial charge on any atom is 0.282 e. The lowest BCUT2D eigenvalue weighted by molar-refractivity contribution is -0.903. The number of hydrogen-bond acceptors (Lipinski definition) is 3. The van der Waals surface area contributed by atoms with Gasteiger partial charge in [-0.15, -0.1) is 0 Å². The first-order valence-corrected chi connectivity index (χ1v) is 8.77. The lowest BCUT2D eigenvalue weighted by atomic mass is 10.0. The van der Waals surface area contributed by atoms with Crippen LogP contribution in [0.25, 0.3) is 0 Å². The van der Waals surface area contributed by atoms with Crippen LogP contribution in [-0.4, -0.2) is 30.0 Å². The fourth-order valence-electron chi connectivity index (χ4n) is 3.79. The van der Waals surface area contributed by atoms with Crippen molar-refractivity contribution in [3.63, 3.8) is 0 Å². The molecule has 1 aromatic rings. The highest BCUT2D eigenvalue weighted by molar-refractivity contribution is 5.96. The van der Waals surface area contributed by atoms with Gasteiger partial charge >= 0.3 is 0 Å². The fraction of sp³-hybridized carbons (Fsp3) is 0.611. The summed E-state index contributed by atoms with van der Waals surface area (Å²) >= 11 is 0. The Balaban J connectivity index is 2.23. The Morgan fingerprint density at radius 3 is 2.71 bits per heavy atom. The second-order valence-electron chi connectivity index (χ2n) is 6.81. The van der Waals surface area contributed by atoms with Gasteiger partial charge < -0.3 is 10.2 Å². The Labute approximate surface area is 143 Å². The molecule has 0 aliphatic carbocycles. The van der Waals surface area contributed by atoms with Crippen molar-refractivity contribution in [2.45, 2.75) is 59.4 Å². The van der Waals surface area contributed by atoms with Crippen LogP contribution >= 0.6 is 0 Å². The lowest BCUT2D eigenvalue weighted by Crippen LogP contribution is -3.14. The number of carbonyl (C=O) groups is 1. The van der Waals surface area contributed by atoms with E-state index in [0.717, 1.165) is 44.3 Å². The van der Waals surface area contributed by atoms with E-state index in [2.05, 4.69) is 12.2 Å². The standard InChI is InChI=1S/C18H27N3O3/c1-5-6-9-20-10-7-8-15(20)18(22)19-16-12(2)11-13(3)17(14(16)4)21(23)24/h11,15H,5-10H2,1-4H3,(H,19,22)/p+1/t15-/m1/s1. The van der Waals surface area contributed by atoms with Crippen LogP contribution < -0.4 is 10.2 Å². The predicted octanol–water partition coefficient (Wildman–Crippen LogP) is 2.31. The van der Waals surface area contributed by atoms with Gasteiger partial charge in [-0.3, -0.25) is 14.9 Å². The normalized spacial score (nSPS) is 20.2. The third-order valence-corrected chi connectivity index (χ3v) is 5.01. The van der Waals surface area contributed by atoms with Gasteiger partial charge in [-0.1, -0.05) is 13.3 Å². The van der Waals surface area contributed by atoms with Gasteiger partial charge in [0, 0.05) is 18.4 Å². The van der Waals surface area contributed by atoms with Crippen LogP contribution in [0.1, 0.15) is 49.3 Å². The zero-order valence-corrected chi connectivity index (χ0v) is 15.1. The van der Waals surface area contributed by atoms with E-state index < -0.39 is 0 Å². The molecule has 0 spiro atoms. The molecule has 1 amide bonds. The minimum Gasteiger partial charge on any atom is -0.325 e. The molecule has 2 rings (SSSR count). The van der Waals surface area contributed by atoms with E-state index in [-0.39, 0.29) is 22.6 Å². The molecule has 1 aliphatic heterocycles. The van der Waals surface area contributed by atoms with Gasteiger partial charge in [-0.25, -0.2) is 0 Å². The Hall–Kier alpha value is -1.95. The zero-order valence-electron chi connectivity index (χ0n) is 15.1.